The smallest absolute Gasteiger partial charge is 0.0690 e. The Morgan fingerprint density at radius 2 is 2.22 bits per heavy atom. The Morgan fingerprint density at radius 3 is 2.83 bits per heavy atom. The van der Waals surface area contributed by atoms with E-state index in [0.717, 1.165) is 25.5 Å². The molecule has 1 aliphatic heterocycles. The SMILES string of the molecule is CCC(C)C(O)CNC1C2CCOC2C12CCC2. The van der Waals surface area contributed by atoms with Crippen LogP contribution in [0.5, 0.6) is 0 Å². The highest BCUT2D eigenvalue weighted by Crippen LogP contribution is 2.62. The molecule has 3 nitrogen and oxygen atoms in total. The second kappa shape index (κ2) is 4.77. The molecule has 0 aromatic heterocycles. The quantitative estimate of drug-likeness (QED) is 0.787. The summed E-state index contributed by atoms with van der Waals surface area (Å²) >= 11 is 0. The average Bonchev–Trinajstić information content (AvgIpc) is 2.71. The molecule has 0 amide bonds. The maximum absolute atomic E-state index is 10.1. The summed E-state index contributed by atoms with van der Waals surface area (Å²) in [6.45, 7) is 5.98. The number of hydrogen-bond donors (Lipinski definition) is 2. The van der Waals surface area contributed by atoms with Gasteiger partial charge < -0.3 is 15.2 Å². The van der Waals surface area contributed by atoms with Crippen LogP contribution in [0.2, 0.25) is 0 Å². The van der Waals surface area contributed by atoms with E-state index in [9.17, 15) is 5.11 Å². The van der Waals surface area contributed by atoms with Crippen molar-refractivity contribution in [2.45, 2.75) is 64.2 Å². The minimum absolute atomic E-state index is 0.200. The average molecular weight is 253 g/mol. The van der Waals surface area contributed by atoms with E-state index < -0.39 is 0 Å². The molecule has 3 fully saturated rings. The van der Waals surface area contributed by atoms with Gasteiger partial charge in [0.25, 0.3) is 0 Å². The van der Waals surface area contributed by atoms with Crippen LogP contribution in [0.4, 0.5) is 0 Å². The van der Waals surface area contributed by atoms with Gasteiger partial charge in [0, 0.05) is 30.5 Å². The van der Waals surface area contributed by atoms with E-state index >= 15 is 0 Å². The molecule has 1 heterocycles. The van der Waals surface area contributed by atoms with Crippen molar-refractivity contribution in [2.24, 2.45) is 17.3 Å². The molecule has 0 aromatic carbocycles. The molecular weight excluding hydrogens is 226 g/mol. The van der Waals surface area contributed by atoms with E-state index in [1.54, 1.807) is 0 Å². The molecule has 2 saturated carbocycles. The molecule has 1 saturated heterocycles. The van der Waals surface area contributed by atoms with Crippen molar-refractivity contribution in [1.82, 2.24) is 5.32 Å². The lowest BCUT2D eigenvalue weighted by atomic mass is 9.46. The Morgan fingerprint density at radius 1 is 1.44 bits per heavy atom. The van der Waals surface area contributed by atoms with Gasteiger partial charge in [-0.2, -0.15) is 0 Å². The zero-order chi connectivity index (χ0) is 12.8. The Labute approximate surface area is 110 Å². The van der Waals surface area contributed by atoms with Gasteiger partial charge in [-0.05, 0) is 25.2 Å². The fourth-order valence-corrected chi connectivity index (χ4v) is 4.28. The molecule has 104 valence electrons. The zero-order valence-corrected chi connectivity index (χ0v) is 11.7. The number of nitrogens with one attached hydrogen (secondary N) is 1. The number of aliphatic hydroxyl groups is 1. The normalized spacial score (nSPS) is 39.8. The minimum atomic E-state index is -0.200. The number of hydrogen-bond acceptors (Lipinski definition) is 3. The summed E-state index contributed by atoms with van der Waals surface area (Å²) in [7, 11) is 0. The van der Waals surface area contributed by atoms with Crippen LogP contribution in [0.25, 0.3) is 0 Å². The second-order valence-electron chi connectivity index (χ2n) is 6.67. The maximum Gasteiger partial charge on any atom is 0.0690 e. The van der Waals surface area contributed by atoms with E-state index in [4.69, 9.17) is 4.74 Å². The van der Waals surface area contributed by atoms with Gasteiger partial charge in [-0.25, -0.2) is 0 Å². The predicted molar refractivity (Wildman–Crippen MR) is 71.4 cm³/mol. The highest BCUT2D eigenvalue weighted by Gasteiger charge is 2.66. The van der Waals surface area contributed by atoms with Crippen LogP contribution in [0.15, 0.2) is 0 Å². The van der Waals surface area contributed by atoms with Gasteiger partial charge in [-0.15, -0.1) is 0 Å². The third-order valence-corrected chi connectivity index (χ3v) is 5.88. The van der Waals surface area contributed by atoms with E-state index in [-0.39, 0.29) is 6.10 Å². The molecule has 1 spiro atoms. The van der Waals surface area contributed by atoms with Gasteiger partial charge in [0.15, 0.2) is 0 Å². The molecule has 0 bridgehead atoms. The molecule has 2 aliphatic carbocycles. The van der Waals surface area contributed by atoms with Gasteiger partial charge >= 0.3 is 0 Å². The fourth-order valence-electron chi connectivity index (χ4n) is 4.28. The zero-order valence-electron chi connectivity index (χ0n) is 11.7. The Hall–Kier alpha value is -0.120. The number of fused-ring (bicyclic) bond motifs is 2. The summed E-state index contributed by atoms with van der Waals surface area (Å²) < 4.78 is 5.91. The Bertz CT molecular complexity index is 303. The highest BCUT2D eigenvalue weighted by molar-refractivity contribution is 5.18. The summed E-state index contributed by atoms with van der Waals surface area (Å²) in [5.41, 5.74) is 0.441. The molecule has 0 aromatic rings. The van der Waals surface area contributed by atoms with E-state index in [0.29, 0.717) is 23.5 Å². The van der Waals surface area contributed by atoms with Crippen molar-refractivity contribution in [2.75, 3.05) is 13.2 Å². The van der Waals surface area contributed by atoms with Crippen molar-refractivity contribution in [3.63, 3.8) is 0 Å². The standard InChI is InChI=1S/C15H27NO2/c1-3-10(2)12(17)9-16-13-11-5-8-18-14(11)15(13)6-4-7-15/h10-14,16-17H,3-9H2,1-2H3. The first-order valence-electron chi connectivity index (χ1n) is 7.72. The number of ether oxygens (including phenoxy) is 1. The maximum atomic E-state index is 10.1. The van der Waals surface area contributed by atoms with Crippen molar-refractivity contribution in [3.8, 4) is 0 Å². The molecule has 5 atom stereocenters. The topological polar surface area (TPSA) is 41.5 Å². The van der Waals surface area contributed by atoms with Gasteiger partial charge in [-0.1, -0.05) is 26.7 Å². The van der Waals surface area contributed by atoms with E-state index in [1.165, 1.54) is 25.7 Å². The Balaban J connectivity index is 1.56. The summed E-state index contributed by atoms with van der Waals surface area (Å²) in [5.74, 6) is 1.11. The van der Waals surface area contributed by atoms with Gasteiger partial charge in [0.2, 0.25) is 0 Å². The predicted octanol–water partition coefficient (Wildman–Crippen LogP) is 1.94. The van der Waals surface area contributed by atoms with Crippen LogP contribution in [0.1, 0.15) is 46.0 Å². The number of aliphatic hydroxyl groups excluding tert-OH is 1. The van der Waals surface area contributed by atoms with Crippen LogP contribution >= 0.6 is 0 Å². The molecule has 3 heteroatoms. The first-order chi connectivity index (χ1) is 8.69. The van der Waals surface area contributed by atoms with Crippen molar-refractivity contribution in [3.05, 3.63) is 0 Å². The van der Waals surface area contributed by atoms with Crippen LogP contribution < -0.4 is 5.32 Å². The van der Waals surface area contributed by atoms with E-state index in [1.807, 2.05) is 0 Å². The van der Waals surface area contributed by atoms with Crippen molar-refractivity contribution >= 4 is 0 Å². The molecule has 5 unspecified atom stereocenters. The summed E-state index contributed by atoms with van der Waals surface area (Å²) in [5, 5.41) is 13.8. The summed E-state index contributed by atoms with van der Waals surface area (Å²) in [6, 6.07) is 0.609. The highest BCUT2D eigenvalue weighted by atomic mass is 16.5. The largest absolute Gasteiger partial charge is 0.392 e. The Kier molecular flexibility index (Phi) is 3.41. The van der Waals surface area contributed by atoms with Gasteiger partial charge in [-0.3, -0.25) is 0 Å². The molecule has 3 aliphatic rings. The first kappa shape index (κ1) is 12.9. The monoisotopic (exact) mass is 253 g/mol. The molecule has 18 heavy (non-hydrogen) atoms. The van der Waals surface area contributed by atoms with Crippen LogP contribution in [-0.2, 0) is 4.74 Å². The lowest BCUT2D eigenvalue weighted by molar-refractivity contribution is -0.177. The third kappa shape index (κ3) is 1.75. The fraction of sp³-hybridized carbons (Fsp3) is 1.00. The van der Waals surface area contributed by atoms with Crippen LogP contribution in [0.3, 0.4) is 0 Å². The van der Waals surface area contributed by atoms with Crippen LogP contribution in [-0.4, -0.2) is 36.5 Å². The number of rotatable bonds is 5. The minimum Gasteiger partial charge on any atom is -0.392 e. The molecule has 2 N–H and O–H groups in total. The van der Waals surface area contributed by atoms with E-state index in [2.05, 4.69) is 19.2 Å². The summed E-state index contributed by atoms with van der Waals surface area (Å²) in [6.07, 6.45) is 6.60. The third-order valence-electron chi connectivity index (χ3n) is 5.88. The van der Waals surface area contributed by atoms with Crippen LogP contribution in [0, 0.1) is 17.3 Å². The van der Waals surface area contributed by atoms with Crippen molar-refractivity contribution < 1.29 is 9.84 Å². The van der Waals surface area contributed by atoms with Gasteiger partial charge in [0.05, 0.1) is 12.2 Å². The lowest BCUT2D eigenvalue weighted by Gasteiger charge is -2.63. The second-order valence-corrected chi connectivity index (χ2v) is 6.67. The molecule has 3 rings (SSSR count). The van der Waals surface area contributed by atoms with Crippen molar-refractivity contribution in [1.29, 1.82) is 0 Å². The summed E-state index contributed by atoms with van der Waals surface area (Å²) in [4.78, 5) is 0. The van der Waals surface area contributed by atoms with Gasteiger partial charge in [0.1, 0.15) is 0 Å². The molecule has 0 radical (unpaired) electrons. The lowest BCUT2D eigenvalue weighted by Crippen LogP contribution is -2.71. The first-order valence-corrected chi connectivity index (χ1v) is 7.72. The molecular formula is C15H27NO2.